The number of carbonyl (C=O) groups excluding carboxylic acids is 1. The van der Waals surface area contributed by atoms with Crippen LogP contribution in [-0.4, -0.2) is 46.0 Å². The van der Waals surface area contributed by atoms with Gasteiger partial charge in [-0.05, 0) is 43.3 Å². The molecule has 198 valence electrons. The molecule has 0 amide bonds. The highest BCUT2D eigenvalue weighted by molar-refractivity contribution is 7.82. The van der Waals surface area contributed by atoms with Crippen LogP contribution in [0.25, 0.3) is 0 Å². The van der Waals surface area contributed by atoms with Crippen LogP contribution in [0.3, 0.4) is 0 Å². The van der Waals surface area contributed by atoms with Gasteiger partial charge >= 0.3 is 5.97 Å². The van der Waals surface area contributed by atoms with Crippen molar-refractivity contribution in [3.8, 4) is 24.5 Å². The fourth-order valence-corrected chi connectivity index (χ4v) is 4.00. The van der Waals surface area contributed by atoms with Gasteiger partial charge in [-0.2, -0.15) is 10.5 Å². The topological polar surface area (TPSA) is 134 Å². The number of carboxylic acid groups (broad SMARTS) is 1. The van der Waals surface area contributed by atoms with Gasteiger partial charge in [-0.25, -0.2) is 8.51 Å². The zero-order chi connectivity index (χ0) is 28.6. The fraction of sp³-hybridized carbons (Fsp3) is 0.241. The molecule has 9 heteroatoms. The molecule has 38 heavy (non-hydrogen) atoms. The molecular weight excluding hydrogens is 500 g/mol. The van der Waals surface area contributed by atoms with Crippen molar-refractivity contribution in [2.24, 2.45) is 0 Å². The number of likely N-dealkylation sites (N-methyl/N-ethyl adjacent to an activating group) is 1. The Hall–Kier alpha value is -4.33. The minimum absolute atomic E-state index is 0.0688. The van der Waals surface area contributed by atoms with Crippen molar-refractivity contribution in [2.75, 3.05) is 20.1 Å². The maximum Gasteiger partial charge on any atom is 0.307 e. The van der Waals surface area contributed by atoms with E-state index in [-0.39, 0.29) is 12.0 Å². The number of nitrogens with zero attached hydrogens (tertiary/aromatic N) is 3. The third-order valence-corrected chi connectivity index (χ3v) is 5.85. The van der Waals surface area contributed by atoms with E-state index < -0.39 is 17.0 Å². The third-order valence-electron chi connectivity index (χ3n) is 4.40. The summed E-state index contributed by atoms with van der Waals surface area (Å²) in [4.78, 5) is 20.0. The Kier molecular flexibility index (Phi) is 19.4. The van der Waals surface area contributed by atoms with Gasteiger partial charge in [0, 0.05) is 26.1 Å². The van der Waals surface area contributed by atoms with Gasteiger partial charge in [0.15, 0.2) is 0 Å². The van der Waals surface area contributed by atoms with E-state index >= 15 is 0 Å². The van der Waals surface area contributed by atoms with E-state index in [4.69, 9.17) is 26.8 Å². The number of rotatable bonds is 11. The molecule has 0 aliphatic rings. The van der Waals surface area contributed by atoms with Crippen LogP contribution in [0, 0.1) is 35.0 Å². The number of terminal acetylenes is 1. The van der Waals surface area contributed by atoms with E-state index in [1.165, 1.54) is 13.0 Å². The van der Waals surface area contributed by atoms with E-state index in [9.17, 15) is 9.00 Å². The number of aliphatic carboxylic acids is 1. The molecule has 8 nitrogen and oxygen atoms in total. The lowest BCUT2D eigenvalue weighted by Crippen LogP contribution is -2.26. The molecule has 0 fully saturated rings. The fourth-order valence-electron chi connectivity index (χ4n) is 2.79. The van der Waals surface area contributed by atoms with Crippen molar-refractivity contribution in [3.63, 3.8) is 0 Å². The SMILES string of the molecule is C#C/C(C#N)=C\C=C(\CNC)CC(=O)O.CC=O.N#CCCN(Cc1ccccc1)S(=O)c1ccccc1. The molecule has 2 aromatic rings. The number of aldehydes is 1. The van der Waals surface area contributed by atoms with Gasteiger partial charge in [0.2, 0.25) is 0 Å². The van der Waals surface area contributed by atoms with Crippen molar-refractivity contribution >= 4 is 23.2 Å². The quantitative estimate of drug-likeness (QED) is 0.193. The summed E-state index contributed by atoms with van der Waals surface area (Å²) < 4.78 is 14.4. The number of hydrogen-bond acceptors (Lipinski definition) is 6. The summed E-state index contributed by atoms with van der Waals surface area (Å²) in [5.74, 6) is 1.28. The summed E-state index contributed by atoms with van der Waals surface area (Å²) in [7, 11) is 0.473. The highest BCUT2D eigenvalue weighted by Crippen LogP contribution is 2.14. The Morgan fingerprint density at radius 2 is 1.68 bits per heavy atom. The second kappa shape index (κ2) is 21.9. The van der Waals surface area contributed by atoms with E-state index in [0.717, 1.165) is 16.7 Å². The second-order valence-electron chi connectivity index (χ2n) is 7.32. The van der Waals surface area contributed by atoms with Crippen LogP contribution in [0.1, 0.15) is 25.3 Å². The number of hydrogen-bond donors (Lipinski definition) is 2. The maximum absolute atomic E-state index is 12.6. The minimum atomic E-state index is -1.24. The first-order valence-corrected chi connectivity index (χ1v) is 12.6. The number of allylic oxidation sites excluding steroid dienone is 3. The number of benzene rings is 2. The number of carboxylic acids is 1. The molecule has 2 N–H and O–H groups in total. The first-order valence-electron chi connectivity index (χ1n) is 11.5. The maximum atomic E-state index is 12.6. The molecule has 0 aromatic heterocycles. The summed E-state index contributed by atoms with van der Waals surface area (Å²) in [6, 6.07) is 23.2. The van der Waals surface area contributed by atoms with E-state index in [0.29, 0.717) is 31.6 Å². The summed E-state index contributed by atoms with van der Waals surface area (Å²) in [6.45, 7) is 2.96. The average molecular weight is 533 g/mol. The smallest absolute Gasteiger partial charge is 0.307 e. The van der Waals surface area contributed by atoms with Crippen molar-refractivity contribution < 1.29 is 18.9 Å². The Labute approximate surface area is 227 Å². The van der Waals surface area contributed by atoms with Crippen LogP contribution in [-0.2, 0) is 27.1 Å². The molecule has 0 spiro atoms. The summed E-state index contributed by atoms with van der Waals surface area (Å²) in [5.41, 5.74) is 1.93. The number of nitriles is 2. The summed E-state index contributed by atoms with van der Waals surface area (Å²) in [6.07, 6.45) is 9.09. The minimum Gasteiger partial charge on any atom is -0.481 e. The predicted molar refractivity (Wildman–Crippen MR) is 148 cm³/mol. The Morgan fingerprint density at radius 1 is 1.11 bits per heavy atom. The van der Waals surface area contributed by atoms with Gasteiger partial charge in [-0.15, -0.1) is 6.42 Å². The Balaban J connectivity index is 0.000000678. The van der Waals surface area contributed by atoms with Gasteiger partial charge in [0.05, 0.1) is 17.4 Å². The van der Waals surface area contributed by atoms with Gasteiger partial charge in [0.25, 0.3) is 0 Å². The highest BCUT2D eigenvalue weighted by Gasteiger charge is 2.15. The van der Waals surface area contributed by atoms with Gasteiger partial charge < -0.3 is 15.2 Å². The lowest BCUT2D eigenvalue weighted by atomic mass is 10.1. The van der Waals surface area contributed by atoms with Crippen LogP contribution in [0.15, 0.2) is 88.9 Å². The molecule has 1 unspecified atom stereocenters. The molecule has 0 radical (unpaired) electrons. The molecule has 0 heterocycles. The molecular formula is C29H32N4O4S. The van der Waals surface area contributed by atoms with Crippen LogP contribution < -0.4 is 5.32 Å². The number of nitrogens with one attached hydrogen (secondary N) is 1. The van der Waals surface area contributed by atoms with Crippen molar-refractivity contribution in [3.05, 3.63) is 89.5 Å². The predicted octanol–water partition coefficient (Wildman–Crippen LogP) is 4.02. The largest absolute Gasteiger partial charge is 0.481 e. The molecule has 0 saturated heterocycles. The van der Waals surface area contributed by atoms with Crippen LogP contribution in [0.4, 0.5) is 0 Å². The van der Waals surface area contributed by atoms with Crippen molar-refractivity contribution in [2.45, 2.75) is 31.2 Å². The normalized spacial score (nSPS) is 11.3. The highest BCUT2D eigenvalue weighted by atomic mass is 32.2. The van der Waals surface area contributed by atoms with E-state index in [1.807, 2.05) is 71.0 Å². The molecule has 0 aliphatic carbocycles. The number of carbonyl (C=O) groups is 2. The molecule has 0 aliphatic heterocycles. The zero-order valence-electron chi connectivity index (χ0n) is 21.5. The van der Waals surface area contributed by atoms with Gasteiger partial charge in [-0.1, -0.05) is 60.5 Å². The third kappa shape index (κ3) is 15.6. The first kappa shape index (κ1) is 33.7. The van der Waals surface area contributed by atoms with Gasteiger partial charge in [-0.3, -0.25) is 4.79 Å². The van der Waals surface area contributed by atoms with E-state index in [2.05, 4.69) is 17.3 Å². The zero-order valence-corrected chi connectivity index (χ0v) is 22.4. The molecule has 0 bridgehead atoms. The average Bonchev–Trinajstić information content (AvgIpc) is 2.93. The first-order chi connectivity index (χ1) is 18.4. The van der Waals surface area contributed by atoms with Crippen molar-refractivity contribution in [1.29, 1.82) is 10.5 Å². The van der Waals surface area contributed by atoms with Crippen molar-refractivity contribution in [1.82, 2.24) is 9.62 Å². The van der Waals surface area contributed by atoms with Crippen LogP contribution >= 0.6 is 0 Å². The van der Waals surface area contributed by atoms with Gasteiger partial charge in [0.1, 0.15) is 28.9 Å². The molecule has 2 rings (SSSR count). The molecule has 2 aromatic carbocycles. The second-order valence-corrected chi connectivity index (χ2v) is 8.80. The molecule has 1 atom stereocenters. The Morgan fingerprint density at radius 3 is 2.16 bits per heavy atom. The standard InChI is InChI=1S/C16H16N2OS.C11H12N2O2.C2H4O/c17-12-7-13-18(14-15-8-3-1-4-9-15)20(19)16-10-5-2-6-11-16;1-3-9(7-12)4-5-10(8-13-2)6-11(14)15;1-2-3/h1-6,8-11H,7,13-14H2;1,4-5,13H,6,8H2,2H3,(H,14,15);2H,1H3/b;9-4+,10-5+;. The lowest BCUT2D eigenvalue weighted by Gasteiger charge is -2.20. The van der Waals surface area contributed by atoms with Crippen LogP contribution in [0.2, 0.25) is 0 Å². The van der Waals surface area contributed by atoms with E-state index in [1.54, 1.807) is 13.1 Å². The summed E-state index contributed by atoms with van der Waals surface area (Å²) in [5, 5.41) is 28.7. The molecule has 0 saturated carbocycles. The lowest BCUT2D eigenvalue weighted by molar-refractivity contribution is -0.136. The summed E-state index contributed by atoms with van der Waals surface area (Å²) >= 11 is 0. The van der Waals surface area contributed by atoms with Crippen LogP contribution in [0.5, 0.6) is 0 Å². The Bertz CT molecular complexity index is 1180. The monoisotopic (exact) mass is 532 g/mol.